The summed E-state index contributed by atoms with van der Waals surface area (Å²) >= 11 is 1.55. The molecule has 0 radical (unpaired) electrons. The van der Waals surface area contributed by atoms with Crippen molar-refractivity contribution in [2.45, 2.75) is 0 Å². The topological polar surface area (TPSA) is 42.3 Å². The van der Waals surface area contributed by atoms with Gasteiger partial charge in [0, 0.05) is 10.9 Å². The monoisotopic (exact) mass is 202 g/mol. The molecule has 0 saturated heterocycles. The van der Waals surface area contributed by atoms with Gasteiger partial charge >= 0.3 is 0 Å². The summed E-state index contributed by atoms with van der Waals surface area (Å²) in [5, 5.41) is 1.97. The molecule has 0 fully saturated rings. The van der Waals surface area contributed by atoms with Gasteiger partial charge in [-0.1, -0.05) is 12.1 Å². The molecule has 0 spiro atoms. The van der Waals surface area contributed by atoms with Crippen molar-refractivity contribution in [1.29, 1.82) is 0 Å². The summed E-state index contributed by atoms with van der Waals surface area (Å²) in [6, 6.07) is 7.29. The number of hydrogen-bond acceptors (Lipinski definition) is 4. The fraction of sp³-hybridized carbons (Fsp3) is 0. The third kappa shape index (κ3) is 1.76. The van der Waals surface area contributed by atoms with E-state index in [0.717, 1.165) is 11.3 Å². The summed E-state index contributed by atoms with van der Waals surface area (Å²) in [7, 11) is 0. The Labute approximate surface area is 84.8 Å². The van der Waals surface area contributed by atoms with Gasteiger partial charge in [0.1, 0.15) is 0 Å². The Balaban J connectivity index is 2.35. The molecule has 2 aromatic rings. The van der Waals surface area contributed by atoms with E-state index in [2.05, 4.69) is 9.98 Å². The van der Waals surface area contributed by atoms with Crippen LogP contribution in [0.1, 0.15) is 0 Å². The quantitative estimate of drug-likeness (QED) is 0.555. The van der Waals surface area contributed by atoms with Crippen molar-refractivity contribution in [2.24, 2.45) is 4.99 Å². The van der Waals surface area contributed by atoms with Gasteiger partial charge in [-0.05, 0) is 12.1 Å². The normalized spacial score (nSPS) is 9.43. The molecule has 0 bridgehead atoms. The van der Waals surface area contributed by atoms with E-state index in [1.54, 1.807) is 29.0 Å². The highest BCUT2D eigenvalue weighted by molar-refractivity contribution is 7.07. The van der Waals surface area contributed by atoms with Gasteiger partial charge in [0.05, 0.1) is 16.9 Å². The van der Waals surface area contributed by atoms with Crippen LogP contribution in [0.3, 0.4) is 0 Å². The Kier molecular flexibility index (Phi) is 2.49. The van der Waals surface area contributed by atoms with Gasteiger partial charge < -0.3 is 0 Å². The van der Waals surface area contributed by atoms with Crippen molar-refractivity contribution in [3.05, 3.63) is 35.2 Å². The van der Waals surface area contributed by atoms with Crippen LogP contribution in [0.15, 0.2) is 40.1 Å². The number of aliphatic imine (C=N–C) groups is 1. The van der Waals surface area contributed by atoms with E-state index in [1.165, 1.54) is 6.08 Å². The van der Waals surface area contributed by atoms with Crippen molar-refractivity contribution in [3.63, 3.8) is 0 Å². The number of hydrogen-bond donors (Lipinski definition) is 0. The Morgan fingerprint density at radius 2 is 2.07 bits per heavy atom. The van der Waals surface area contributed by atoms with Crippen LogP contribution in [-0.4, -0.2) is 11.1 Å². The molecule has 1 aromatic heterocycles. The smallest absolute Gasteiger partial charge is 0.240 e. The summed E-state index contributed by atoms with van der Waals surface area (Å²) in [5.74, 6) is 0. The molecule has 0 N–H and O–H groups in total. The molecule has 1 heterocycles. The fourth-order valence-electron chi connectivity index (χ4n) is 1.11. The van der Waals surface area contributed by atoms with Crippen molar-refractivity contribution in [3.8, 4) is 11.3 Å². The van der Waals surface area contributed by atoms with E-state index in [-0.39, 0.29) is 0 Å². The molecular weight excluding hydrogens is 196 g/mol. The number of rotatable bonds is 2. The average molecular weight is 202 g/mol. The van der Waals surface area contributed by atoms with Gasteiger partial charge in [-0.15, -0.1) is 11.3 Å². The lowest BCUT2D eigenvalue weighted by molar-refractivity contribution is 0.565. The van der Waals surface area contributed by atoms with Crippen LogP contribution in [0.2, 0.25) is 0 Å². The van der Waals surface area contributed by atoms with Gasteiger partial charge in [-0.3, -0.25) is 0 Å². The van der Waals surface area contributed by atoms with E-state index in [0.29, 0.717) is 5.69 Å². The molecule has 14 heavy (non-hydrogen) atoms. The third-order valence-electron chi connectivity index (χ3n) is 1.77. The predicted octanol–water partition coefficient (Wildman–Crippen LogP) is 2.78. The van der Waals surface area contributed by atoms with Crippen LogP contribution >= 0.6 is 11.3 Å². The van der Waals surface area contributed by atoms with Gasteiger partial charge in [-0.2, -0.15) is 4.99 Å². The zero-order valence-electron chi connectivity index (χ0n) is 7.18. The number of benzene rings is 1. The summed E-state index contributed by atoms with van der Waals surface area (Å²) in [4.78, 5) is 17.7. The average Bonchev–Trinajstić information content (AvgIpc) is 2.72. The molecule has 0 aliphatic heterocycles. The second-order valence-corrected chi connectivity index (χ2v) is 3.34. The first-order chi connectivity index (χ1) is 6.90. The molecule has 0 aliphatic carbocycles. The number of nitrogens with zero attached hydrogens (tertiary/aromatic N) is 2. The first kappa shape index (κ1) is 8.81. The molecule has 4 heteroatoms. The predicted molar refractivity (Wildman–Crippen MR) is 55.3 cm³/mol. The molecule has 68 valence electrons. The minimum absolute atomic E-state index is 0.610. The number of isocyanates is 1. The van der Waals surface area contributed by atoms with Gasteiger partial charge in [0.2, 0.25) is 6.08 Å². The molecule has 0 aliphatic rings. The number of thiazole rings is 1. The van der Waals surface area contributed by atoms with E-state index < -0.39 is 0 Å². The minimum atomic E-state index is 0.610. The molecule has 0 atom stereocenters. The lowest BCUT2D eigenvalue weighted by Gasteiger charge is -1.95. The van der Waals surface area contributed by atoms with Crippen molar-refractivity contribution >= 4 is 23.1 Å². The Morgan fingerprint density at radius 3 is 2.64 bits per heavy atom. The van der Waals surface area contributed by atoms with Crippen LogP contribution in [0, 0.1) is 0 Å². The fourth-order valence-corrected chi connectivity index (χ4v) is 1.68. The van der Waals surface area contributed by atoms with Gasteiger partial charge in [-0.25, -0.2) is 9.78 Å². The summed E-state index contributed by atoms with van der Waals surface area (Å²) < 4.78 is 0. The zero-order chi connectivity index (χ0) is 9.80. The lowest BCUT2D eigenvalue weighted by atomic mass is 10.1. The van der Waals surface area contributed by atoms with Crippen molar-refractivity contribution < 1.29 is 4.79 Å². The van der Waals surface area contributed by atoms with Crippen molar-refractivity contribution in [2.75, 3.05) is 0 Å². The highest BCUT2D eigenvalue weighted by atomic mass is 32.1. The summed E-state index contributed by atoms with van der Waals surface area (Å²) in [6.07, 6.45) is 1.50. The Morgan fingerprint density at radius 1 is 1.29 bits per heavy atom. The molecule has 0 saturated carbocycles. The largest absolute Gasteiger partial charge is 0.245 e. The molecule has 0 amide bonds. The number of carbonyl (C=O) groups excluding carboxylic acids is 1. The maximum atomic E-state index is 9.99. The SMILES string of the molecule is O=C=Nc1ccc(-c2cscn2)cc1. The van der Waals surface area contributed by atoms with Crippen molar-refractivity contribution in [1.82, 2.24) is 4.98 Å². The van der Waals surface area contributed by atoms with Crippen LogP contribution in [0.5, 0.6) is 0 Å². The van der Waals surface area contributed by atoms with E-state index >= 15 is 0 Å². The van der Waals surface area contributed by atoms with E-state index in [4.69, 9.17) is 0 Å². The first-order valence-electron chi connectivity index (χ1n) is 3.96. The standard InChI is InChI=1S/C10H6N2OS/c13-6-11-9-3-1-8(2-4-9)10-5-14-7-12-10/h1-5,7H. The zero-order valence-corrected chi connectivity index (χ0v) is 7.99. The highest BCUT2D eigenvalue weighted by Crippen LogP contribution is 2.21. The van der Waals surface area contributed by atoms with Crippen LogP contribution in [0.4, 0.5) is 5.69 Å². The molecule has 2 rings (SSSR count). The summed E-state index contributed by atoms with van der Waals surface area (Å²) in [6.45, 7) is 0. The van der Waals surface area contributed by atoms with Gasteiger partial charge in [0.15, 0.2) is 0 Å². The first-order valence-corrected chi connectivity index (χ1v) is 4.91. The molecule has 1 aromatic carbocycles. The number of aromatic nitrogens is 1. The maximum Gasteiger partial charge on any atom is 0.240 e. The third-order valence-corrected chi connectivity index (χ3v) is 2.36. The lowest BCUT2D eigenvalue weighted by Crippen LogP contribution is -1.74. The van der Waals surface area contributed by atoms with E-state index in [9.17, 15) is 4.79 Å². The second-order valence-electron chi connectivity index (χ2n) is 2.62. The Bertz CT molecular complexity index is 455. The highest BCUT2D eigenvalue weighted by Gasteiger charge is 1.98. The van der Waals surface area contributed by atoms with Crippen LogP contribution in [-0.2, 0) is 4.79 Å². The molecular formula is C10H6N2OS. The molecule has 3 nitrogen and oxygen atoms in total. The van der Waals surface area contributed by atoms with Crippen LogP contribution in [0.25, 0.3) is 11.3 Å². The Hall–Kier alpha value is -1.77. The summed E-state index contributed by atoms with van der Waals surface area (Å²) in [5.41, 5.74) is 4.36. The minimum Gasteiger partial charge on any atom is -0.245 e. The van der Waals surface area contributed by atoms with Gasteiger partial charge in [0.25, 0.3) is 0 Å². The van der Waals surface area contributed by atoms with Crippen LogP contribution < -0.4 is 0 Å². The second kappa shape index (κ2) is 3.96. The maximum absolute atomic E-state index is 9.99. The van der Waals surface area contributed by atoms with E-state index in [1.807, 2.05) is 17.5 Å². The molecule has 0 unspecified atom stereocenters.